The Morgan fingerprint density at radius 1 is 1.07 bits per heavy atom. The highest BCUT2D eigenvalue weighted by Gasteiger charge is 2.15. The van der Waals surface area contributed by atoms with Crippen LogP contribution in [0.3, 0.4) is 0 Å². The number of hydrogen-bond donors (Lipinski definition) is 2. The number of urea groups is 1. The SMILES string of the molecule is Cc1ccc(-n2nc(-c3cccs3)cc2NC(=O)Nc2ccccc2C#N)cc1. The average Bonchev–Trinajstić information content (AvgIpc) is 3.39. The highest BCUT2D eigenvalue weighted by Crippen LogP contribution is 2.28. The van der Waals surface area contributed by atoms with Crippen molar-refractivity contribution in [2.24, 2.45) is 0 Å². The Hall–Kier alpha value is -3.89. The molecule has 2 aromatic heterocycles. The van der Waals surface area contributed by atoms with Gasteiger partial charge < -0.3 is 5.32 Å². The topological polar surface area (TPSA) is 82.7 Å². The third kappa shape index (κ3) is 4.03. The molecule has 2 aromatic carbocycles. The van der Waals surface area contributed by atoms with Crippen LogP contribution in [0.4, 0.5) is 16.3 Å². The number of rotatable bonds is 4. The molecule has 0 radical (unpaired) electrons. The maximum absolute atomic E-state index is 12.6. The van der Waals surface area contributed by atoms with Gasteiger partial charge in [-0.05, 0) is 42.6 Å². The lowest BCUT2D eigenvalue weighted by molar-refractivity contribution is 0.262. The summed E-state index contributed by atoms with van der Waals surface area (Å²) in [6.45, 7) is 2.02. The van der Waals surface area contributed by atoms with E-state index < -0.39 is 6.03 Å². The Labute approximate surface area is 172 Å². The van der Waals surface area contributed by atoms with Gasteiger partial charge in [-0.1, -0.05) is 35.9 Å². The summed E-state index contributed by atoms with van der Waals surface area (Å²) >= 11 is 1.58. The molecule has 0 unspecified atom stereocenters. The first kappa shape index (κ1) is 18.5. The second-order valence-corrected chi connectivity index (χ2v) is 7.32. The van der Waals surface area contributed by atoms with E-state index in [0.717, 1.165) is 21.8 Å². The Morgan fingerprint density at radius 2 is 1.86 bits per heavy atom. The largest absolute Gasteiger partial charge is 0.324 e. The van der Waals surface area contributed by atoms with Crippen LogP contribution in [0.2, 0.25) is 0 Å². The number of amides is 2. The highest BCUT2D eigenvalue weighted by atomic mass is 32.1. The summed E-state index contributed by atoms with van der Waals surface area (Å²) in [6.07, 6.45) is 0. The Balaban J connectivity index is 1.66. The second kappa shape index (κ2) is 8.00. The highest BCUT2D eigenvalue weighted by molar-refractivity contribution is 7.13. The molecule has 4 aromatic rings. The van der Waals surface area contributed by atoms with Crippen molar-refractivity contribution in [1.29, 1.82) is 5.26 Å². The maximum atomic E-state index is 12.6. The van der Waals surface area contributed by atoms with Gasteiger partial charge in [0.25, 0.3) is 0 Å². The van der Waals surface area contributed by atoms with Crippen LogP contribution in [0.1, 0.15) is 11.1 Å². The van der Waals surface area contributed by atoms with Crippen LogP contribution < -0.4 is 10.6 Å². The minimum absolute atomic E-state index is 0.397. The molecule has 0 aliphatic rings. The molecular formula is C22H17N5OS. The minimum Gasteiger partial charge on any atom is -0.306 e. The Bertz CT molecular complexity index is 1190. The number of benzene rings is 2. The third-order valence-electron chi connectivity index (χ3n) is 4.30. The summed E-state index contributed by atoms with van der Waals surface area (Å²) in [5.41, 5.74) is 3.60. The van der Waals surface area contributed by atoms with Gasteiger partial charge in [0.2, 0.25) is 0 Å². The maximum Gasteiger partial charge on any atom is 0.324 e. The molecule has 2 heterocycles. The molecule has 29 heavy (non-hydrogen) atoms. The van der Waals surface area contributed by atoms with Crippen LogP contribution in [-0.4, -0.2) is 15.8 Å². The quantitative estimate of drug-likeness (QED) is 0.480. The molecule has 0 atom stereocenters. The Kier molecular flexibility index (Phi) is 5.10. The number of para-hydroxylation sites is 1. The lowest BCUT2D eigenvalue weighted by Gasteiger charge is -2.11. The number of nitrogens with one attached hydrogen (secondary N) is 2. The summed E-state index contributed by atoms with van der Waals surface area (Å²) in [5.74, 6) is 0.532. The second-order valence-electron chi connectivity index (χ2n) is 6.38. The van der Waals surface area contributed by atoms with Crippen molar-refractivity contribution < 1.29 is 4.79 Å². The molecule has 2 N–H and O–H groups in total. The van der Waals surface area contributed by atoms with Gasteiger partial charge in [0.1, 0.15) is 17.6 Å². The van der Waals surface area contributed by atoms with Crippen LogP contribution in [0, 0.1) is 18.3 Å². The van der Waals surface area contributed by atoms with E-state index in [1.165, 1.54) is 0 Å². The number of aryl methyl sites for hydroxylation is 1. The molecule has 6 nitrogen and oxygen atoms in total. The van der Waals surface area contributed by atoms with Gasteiger partial charge in [-0.2, -0.15) is 10.4 Å². The number of carbonyl (C=O) groups excluding carboxylic acids is 1. The number of thiophene rings is 1. The van der Waals surface area contributed by atoms with Gasteiger partial charge in [-0.15, -0.1) is 11.3 Å². The number of aromatic nitrogens is 2. The predicted molar refractivity (Wildman–Crippen MR) is 115 cm³/mol. The fourth-order valence-electron chi connectivity index (χ4n) is 2.86. The van der Waals surface area contributed by atoms with E-state index >= 15 is 0 Å². The molecule has 4 rings (SSSR count). The predicted octanol–water partition coefficient (Wildman–Crippen LogP) is 5.42. The molecule has 142 valence electrons. The molecule has 0 spiro atoms. The van der Waals surface area contributed by atoms with E-state index in [2.05, 4.69) is 21.8 Å². The van der Waals surface area contributed by atoms with Gasteiger partial charge in [0.05, 0.1) is 21.8 Å². The van der Waals surface area contributed by atoms with Crippen molar-refractivity contribution in [3.8, 4) is 22.3 Å². The zero-order valence-electron chi connectivity index (χ0n) is 15.6. The van der Waals surface area contributed by atoms with E-state index in [1.54, 1.807) is 40.3 Å². The number of anilines is 2. The fourth-order valence-corrected chi connectivity index (χ4v) is 3.54. The van der Waals surface area contributed by atoms with E-state index in [1.807, 2.05) is 54.8 Å². The van der Waals surface area contributed by atoms with Gasteiger partial charge in [-0.3, -0.25) is 5.32 Å². The van der Waals surface area contributed by atoms with Gasteiger partial charge in [0.15, 0.2) is 0 Å². The van der Waals surface area contributed by atoms with Crippen molar-refractivity contribution in [1.82, 2.24) is 9.78 Å². The van der Waals surface area contributed by atoms with Crippen LogP contribution in [0.15, 0.2) is 72.1 Å². The molecular weight excluding hydrogens is 382 g/mol. The minimum atomic E-state index is -0.446. The summed E-state index contributed by atoms with van der Waals surface area (Å²) in [6, 6.07) is 22.2. The molecule has 0 aliphatic heterocycles. The molecule has 0 aliphatic carbocycles. The lowest BCUT2D eigenvalue weighted by atomic mass is 10.2. The van der Waals surface area contributed by atoms with Crippen LogP contribution in [0.5, 0.6) is 0 Å². The first-order chi connectivity index (χ1) is 14.1. The van der Waals surface area contributed by atoms with Crippen LogP contribution in [-0.2, 0) is 0 Å². The van der Waals surface area contributed by atoms with Crippen molar-refractivity contribution in [3.63, 3.8) is 0 Å². The zero-order chi connectivity index (χ0) is 20.2. The van der Waals surface area contributed by atoms with Crippen molar-refractivity contribution in [2.75, 3.05) is 10.6 Å². The molecule has 7 heteroatoms. The standard InChI is InChI=1S/C22H17N5OS/c1-15-8-10-17(11-9-15)27-21(13-19(26-27)20-7-4-12-29-20)25-22(28)24-18-6-3-2-5-16(18)14-23/h2-13H,1H3,(H2,24,25,28). The van der Waals surface area contributed by atoms with Crippen LogP contribution in [0.25, 0.3) is 16.3 Å². The first-order valence-electron chi connectivity index (χ1n) is 8.92. The zero-order valence-corrected chi connectivity index (χ0v) is 16.4. The fraction of sp³-hybridized carbons (Fsp3) is 0.0455. The molecule has 0 fully saturated rings. The molecule has 0 saturated carbocycles. The van der Waals surface area contributed by atoms with Gasteiger partial charge in [-0.25, -0.2) is 9.48 Å². The normalized spacial score (nSPS) is 10.3. The van der Waals surface area contributed by atoms with E-state index in [-0.39, 0.29) is 0 Å². The number of nitriles is 1. The monoisotopic (exact) mass is 399 g/mol. The average molecular weight is 399 g/mol. The van der Waals surface area contributed by atoms with E-state index in [9.17, 15) is 10.1 Å². The summed E-state index contributed by atoms with van der Waals surface area (Å²) in [4.78, 5) is 13.6. The first-order valence-corrected chi connectivity index (χ1v) is 9.80. The smallest absolute Gasteiger partial charge is 0.306 e. The van der Waals surface area contributed by atoms with Crippen molar-refractivity contribution >= 4 is 28.9 Å². The van der Waals surface area contributed by atoms with Gasteiger partial charge >= 0.3 is 6.03 Å². The van der Waals surface area contributed by atoms with Crippen molar-refractivity contribution in [3.05, 3.63) is 83.2 Å². The van der Waals surface area contributed by atoms with E-state index in [0.29, 0.717) is 17.1 Å². The van der Waals surface area contributed by atoms with Crippen molar-refractivity contribution in [2.45, 2.75) is 6.92 Å². The lowest BCUT2D eigenvalue weighted by Crippen LogP contribution is -2.21. The molecule has 0 saturated heterocycles. The Morgan fingerprint density at radius 3 is 2.59 bits per heavy atom. The molecule has 0 bridgehead atoms. The van der Waals surface area contributed by atoms with Gasteiger partial charge in [0, 0.05) is 6.07 Å². The number of nitrogens with zero attached hydrogens (tertiary/aromatic N) is 3. The van der Waals surface area contributed by atoms with Crippen LogP contribution >= 0.6 is 11.3 Å². The number of hydrogen-bond acceptors (Lipinski definition) is 4. The van der Waals surface area contributed by atoms with E-state index in [4.69, 9.17) is 0 Å². The summed E-state index contributed by atoms with van der Waals surface area (Å²) < 4.78 is 1.70. The summed E-state index contributed by atoms with van der Waals surface area (Å²) in [5, 5.41) is 21.5. The summed E-state index contributed by atoms with van der Waals surface area (Å²) in [7, 11) is 0. The third-order valence-corrected chi connectivity index (χ3v) is 5.19. The molecule has 2 amide bonds. The number of carbonyl (C=O) groups is 1.